The minimum absolute atomic E-state index is 0.0971. The monoisotopic (exact) mass is 454 g/mol. The number of aromatic amines is 1. The van der Waals surface area contributed by atoms with E-state index in [4.69, 9.17) is 11.6 Å². The fourth-order valence-corrected chi connectivity index (χ4v) is 2.98. The van der Waals surface area contributed by atoms with Gasteiger partial charge in [0.2, 0.25) is 0 Å². The summed E-state index contributed by atoms with van der Waals surface area (Å²) in [6.07, 6.45) is -4.84. The molecule has 0 aliphatic heterocycles. The van der Waals surface area contributed by atoms with Gasteiger partial charge in [-0.2, -0.15) is 17.9 Å². The highest BCUT2D eigenvalue weighted by molar-refractivity contribution is 6.33. The van der Waals surface area contributed by atoms with Crippen LogP contribution in [0, 0.1) is 11.7 Å². The van der Waals surface area contributed by atoms with E-state index in [0.717, 1.165) is 22.0 Å². The van der Waals surface area contributed by atoms with Gasteiger partial charge in [-0.3, -0.25) is 4.98 Å². The van der Waals surface area contributed by atoms with Gasteiger partial charge in [0.1, 0.15) is 5.82 Å². The molecule has 3 rings (SSSR count). The number of hydrogen-bond donors (Lipinski definition) is 2. The Labute approximate surface area is 180 Å². The molecule has 0 radical (unpaired) electrons. The number of nitrogens with one attached hydrogen (secondary N) is 2. The molecule has 31 heavy (non-hydrogen) atoms. The molecule has 1 heterocycles. The zero-order valence-electron chi connectivity index (χ0n) is 16.6. The first-order valence-corrected chi connectivity index (χ1v) is 9.63. The minimum atomic E-state index is -4.84. The topological polar surface area (TPSA) is 62.7 Å². The van der Waals surface area contributed by atoms with Gasteiger partial charge in [0.15, 0.2) is 5.82 Å². The van der Waals surface area contributed by atoms with Gasteiger partial charge in [-0.25, -0.2) is 9.18 Å². The summed E-state index contributed by atoms with van der Waals surface area (Å²) < 4.78 is 53.0. The lowest BCUT2D eigenvalue weighted by Crippen LogP contribution is -2.17. The van der Waals surface area contributed by atoms with E-state index in [2.05, 4.69) is 22.0 Å². The molecule has 0 atom stereocenters. The number of H-pyrrole nitrogens is 1. The van der Waals surface area contributed by atoms with E-state index in [-0.39, 0.29) is 17.4 Å². The fourth-order valence-electron chi connectivity index (χ4n) is 2.77. The second kappa shape index (κ2) is 8.58. The molecule has 0 unspecified atom stereocenters. The average molecular weight is 455 g/mol. The number of halogens is 5. The maximum absolute atomic E-state index is 13.9. The Morgan fingerprint density at radius 1 is 1.26 bits per heavy atom. The third kappa shape index (κ3) is 4.99. The molecule has 0 spiro atoms. The highest BCUT2D eigenvalue weighted by Gasteiger charge is 2.34. The van der Waals surface area contributed by atoms with Crippen molar-refractivity contribution >= 4 is 11.6 Å². The van der Waals surface area contributed by atoms with Crippen LogP contribution in [0.5, 0.6) is 0 Å². The zero-order chi connectivity index (χ0) is 22.9. The van der Waals surface area contributed by atoms with E-state index in [0.29, 0.717) is 29.3 Å². The Bertz CT molecular complexity index is 1180. The van der Waals surface area contributed by atoms with Gasteiger partial charge in [-0.1, -0.05) is 38.1 Å². The van der Waals surface area contributed by atoms with Gasteiger partial charge >= 0.3 is 11.9 Å². The van der Waals surface area contributed by atoms with Gasteiger partial charge in [0.25, 0.3) is 0 Å². The van der Waals surface area contributed by atoms with Crippen LogP contribution < -0.4 is 11.0 Å². The molecular weight excluding hydrogens is 436 g/mol. The largest absolute Gasteiger partial charge is 0.419 e. The standard InChI is InChI=1S/C21H19ClF4N4O/c1-11(2)12(3)27-10-13-4-7-17(22)15(8-13)19-28-20(31)30(29-19)14-5-6-16(18(23)9-14)21(24,25)26/h4-9,11,27H,3,10H2,1-2H3,(H,28,29,31). The smallest absolute Gasteiger partial charge is 0.385 e. The van der Waals surface area contributed by atoms with Crippen molar-refractivity contribution in [2.75, 3.05) is 0 Å². The lowest BCUT2D eigenvalue weighted by Gasteiger charge is -2.13. The fraction of sp³-hybridized carbons (Fsp3) is 0.238. The molecular formula is C21H19ClF4N4O. The van der Waals surface area contributed by atoms with E-state index >= 15 is 0 Å². The third-order valence-corrected chi connectivity index (χ3v) is 4.95. The lowest BCUT2D eigenvalue weighted by atomic mass is 10.1. The first-order chi connectivity index (χ1) is 14.5. The van der Waals surface area contributed by atoms with E-state index in [1.807, 2.05) is 13.8 Å². The van der Waals surface area contributed by atoms with Crippen molar-refractivity contribution in [3.05, 3.63) is 81.1 Å². The Hall–Kier alpha value is -3.07. The maximum atomic E-state index is 13.9. The number of aromatic nitrogens is 3. The SMILES string of the molecule is C=C(NCc1ccc(Cl)c(-c2nn(-c3ccc(C(F)(F)F)c(F)c3)c(=O)[nH]2)c1)C(C)C. The van der Waals surface area contributed by atoms with Crippen molar-refractivity contribution in [2.45, 2.75) is 26.6 Å². The lowest BCUT2D eigenvalue weighted by molar-refractivity contribution is -0.139. The summed E-state index contributed by atoms with van der Waals surface area (Å²) in [5.74, 6) is -1.15. The number of benzene rings is 2. The second-order valence-corrected chi connectivity index (χ2v) is 7.61. The van der Waals surface area contributed by atoms with Crippen LogP contribution in [0.1, 0.15) is 25.0 Å². The molecule has 5 nitrogen and oxygen atoms in total. The predicted octanol–water partition coefficient (Wildman–Crippen LogP) is 5.30. The number of hydrogen-bond acceptors (Lipinski definition) is 3. The average Bonchev–Trinajstić information content (AvgIpc) is 3.07. The highest BCUT2D eigenvalue weighted by atomic mass is 35.5. The molecule has 0 amide bonds. The van der Waals surface area contributed by atoms with Gasteiger partial charge in [0.05, 0.1) is 16.3 Å². The van der Waals surface area contributed by atoms with Crippen LogP contribution in [0.15, 0.2) is 53.5 Å². The molecule has 0 bridgehead atoms. The number of alkyl halides is 3. The molecule has 0 saturated carbocycles. The Morgan fingerprint density at radius 2 is 1.97 bits per heavy atom. The highest BCUT2D eigenvalue weighted by Crippen LogP contribution is 2.32. The van der Waals surface area contributed by atoms with Crippen LogP contribution in [0.3, 0.4) is 0 Å². The van der Waals surface area contributed by atoms with Gasteiger partial charge in [0, 0.05) is 23.9 Å². The molecule has 164 valence electrons. The molecule has 1 aromatic heterocycles. The summed E-state index contributed by atoms with van der Waals surface area (Å²) in [5.41, 5.74) is -0.205. The summed E-state index contributed by atoms with van der Waals surface area (Å²) in [7, 11) is 0. The molecule has 3 aromatic rings. The van der Waals surface area contributed by atoms with E-state index in [9.17, 15) is 22.4 Å². The van der Waals surface area contributed by atoms with E-state index in [1.54, 1.807) is 18.2 Å². The number of allylic oxidation sites excluding steroid dienone is 1. The van der Waals surface area contributed by atoms with Crippen LogP contribution in [0.4, 0.5) is 17.6 Å². The summed E-state index contributed by atoms with van der Waals surface area (Å²) in [6, 6.07) is 7.30. The Kier molecular flexibility index (Phi) is 6.26. The predicted molar refractivity (Wildman–Crippen MR) is 110 cm³/mol. The van der Waals surface area contributed by atoms with Crippen LogP contribution in [0.2, 0.25) is 5.02 Å². The molecule has 0 aliphatic carbocycles. The van der Waals surface area contributed by atoms with Crippen molar-refractivity contribution in [3.8, 4) is 17.1 Å². The zero-order valence-corrected chi connectivity index (χ0v) is 17.4. The van der Waals surface area contributed by atoms with Crippen molar-refractivity contribution in [1.82, 2.24) is 20.1 Å². The van der Waals surface area contributed by atoms with Crippen molar-refractivity contribution < 1.29 is 17.6 Å². The van der Waals surface area contributed by atoms with Crippen molar-refractivity contribution in [2.24, 2.45) is 5.92 Å². The van der Waals surface area contributed by atoms with E-state index in [1.165, 1.54) is 0 Å². The van der Waals surface area contributed by atoms with Gasteiger partial charge in [-0.15, -0.1) is 5.10 Å². The van der Waals surface area contributed by atoms with E-state index < -0.39 is 23.2 Å². The van der Waals surface area contributed by atoms with Crippen LogP contribution in [-0.4, -0.2) is 14.8 Å². The molecule has 0 saturated heterocycles. The summed E-state index contributed by atoms with van der Waals surface area (Å²) in [4.78, 5) is 14.8. The molecule has 0 aliphatic rings. The number of nitrogens with zero attached hydrogens (tertiary/aromatic N) is 2. The van der Waals surface area contributed by atoms with Crippen molar-refractivity contribution in [3.63, 3.8) is 0 Å². The van der Waals surface area contributed by atoms with Gasteiger partial charge in [-0.05, 0) is 35.7 Å². The third-order valence-electron chi connectivity index (χ3n) is 4.62. The van der Waals surface area contributed by atoms with Crippen molar-refractivity contribution in [1.29, 1.82) is 0 Å². The first-order valence-electron chi connectivity index (χ1n) is 9.25. The second-order valence-electron chi connectivity index (χ2n) is 7.20. The summed E-state index contributed by atoms with van der Waals surface area (Å²) in [6.45, 7) is 8.42. The number of rotatable bonds is 6. The quantitative estimate of drug-likeness (QED) is 0.497. The van der Waals surface area contributed by atoms with Crippen LogP contribution in [-0.2, 0) is 12.7 Å². The molecule has 2 aromatic carbocycles. The molecule has 0 fully saturated rings. The van der Waals surface area contributed by atoms with Crippen LogP contribution >= 0.6 is 11.6 Å². The Morgan fingerprint density at radius 3 is 2.58 bits per heavy atom. The molecule has 10 heteroatoms. The van der Waals surface area contributed by atoms with Crippen LogP contribution in [0.25, 0.3) is 17.1 Å². The first kappa shape index (κ1) is 22.6. The Balaban J connectivity index is 1.94. The minimum Gasteiger partial charge on any atom is -0.385 e. The van der Waals surface area contributed by atoms with Gasteiger partial charge < -0.3 is 5.32 Å². The maximum Gasteiger partial charge on any atom is 0.419 e. The summed E-state index contributed by atoms with van der Waals surface area (Å²) in [5, 5.41) is 7.59. The summed E-state index contributed by atoms with van der Waals surface area (Å²) >= 11 is 6.25. The normalized spacial score (nSPS) is 11.7. The molecule has 2 N–H and O–H groups in total.